The molecule has 5 heterocycles. The van der Waals surface area contributed by atoms with Crippen LogP contribution in [0.15, 0.2) is 37.1 Å². The second kappa shape index (κ2) is 10.9. The van der Waals surface area contributed by atoms with Gasteiger partial charge in [-0.25, -0.2) is 35.4 Å². The first-order valence-electron chi connectivity index (χ1n) is 11.5. The number of methoxy groups -OCH3 is 1. The zero-order valence-corrected chi connectivity index (χ0v) is 21.1. The molecule has 4 aromatic rings. The van der Waals surface area contributed by atoms with E-state index in [1.807, 2.05) is 18.1 Å². The molecule has 1 atom stereocenters. The summed E-state index contributed by atoms with van der Waals surface area (Å²) in [6.07, 6.45) is 8.64. The minimum absolute atomic E-state index is 0.179. The molecule has 1 fully saturated rings. The van der Waals surface area contributed by atoms with Gasteiger partial charge in [0.25, 0.3) is 5.91 Å². The molecule has 0 saturated carbocycles. The zero-order valence-electron chi connectivity index (χ0n) is 20.2. The van der Waals surface area contributed by atoms with Gasteiger partial charge in [-0.05, 0) is 12.5 Å². The van der Waals surface area contributed by atoms with Gasteiger partial charge in [-0.3, -0.25) is 10.0 Å². The van der Waals surface area contributed by atoms with Crippen LogP contribution < -0.4 is 20.0 Å². The van der Waals surface area contributed by atoms with Gasteiger partial charge in [-0.15, -0.1) is 11.3 Å². The maximum absolute atomic E-state index is 11.4. The van der Waals surface area contributed by atoms with Crippen LogP contribution in [0, 0.1) is 0 Å². The van der Waals surface area contributed by atoms with Crippen LogP contribution in [0.25, 0.3) is 10.2 Å². The van der Waals surface area contributed by atoms with Crippen molar-refractivity contribution < 1.29 is 19.5 Å². The highest BCUT2D eigenvalue weighted by atomic mass is 32.1. The summed E-state index contributed by atoms with van der Waals surface area (Å²) in [5.74, 6) is 0.501. The lowest BCUT2D eigenvalue weighted by Gasteiger charge is -2.32. The summed E-state index contributed by atoms with van der Waals surface area (Å²) in [7, 11) is 3.42. The van der Waals surface area contributed by atoms with E-state index in [2.05, 4.69) is 35.9 Å². The number of carbonyl (C=O) groups is 1. The largest absolute Gasteiger partial charge is 0.467 e. The van der Waals surface area contributed by atoms with Gasteiger partial charge in [0, 0.05) is 55.4 Å². The Kier molecular flexibility index (Phi) is 7.30. The minimum Gasteiger partial charge on any atom is -0.467 e. The average molecular weight is 524 g/mol. The molecule has 0 spiro atoms. The molecule has 1 unspecified atom stereocenters. The maximum Gasteiger partial charge on any atom is 0.316 e. The number of morpholine rings is 1. The van der Waals surface area contributed by atoms with E-state index in [9.17, 15) is 4.79 Å². The molecule has 37 heavy (non-hydrogen) atoms. The van der Waals surface area contributed by atoms with Crippen LogP contribution in [0.5, 0.6) is 6.01 Å². The Morgan fingerprint density at radius 2 is 2.00 bits per heavy atom. The van der Waals surface area contributed by atoms with Crippen LogP contribution in [-0.4, -0.2) is 81.4 Å². The zero-order chi connectivity index (χ0) is 25.8. The first-order valence-corrected chi connectivity index (χ1v) is 12.3. The van der Waals surface area contributed by atoms with Gasteiger partial charge >= 0.3 is 6.01 Å². The number of nitrogens with zero attached hydrogens (tertiary/aromatic N) is 8. The molecule has 4 aromatic heterocycles. The molecular weight excluding hydrogens is 498 g/mol. The fraction of sp³-hybridized carbons (Fsp3) is 0.348. The number of anilines is 2. The highest BCUT2D eigenvalue weighted by Gasteiger charge is 2.25. The van der Waals surface area contributed by atoms with Gasteiger partial charge < -0.3 is 19.3 Å². The van der Waals surface area contributed by atoms with Crippen molar-refractivity contribution in [2.75, 3.05) is 50.2 Å². The summed E-state index contributed by atoms with van der Waals surface area (Å²) in [6.45, 7) is 2.52. The van der Waals surface area contributed by atoms with Crippen molar-refractivity contribution in [1.29, 1.82) is 0 Å². The predicted molar refractivity (Wildman–Crippen MR) is 135 cm³/mol. The van der Waals surface area contributed by atoms with Gasteiger partial charge in [0.05, 0.1) is 42.2 Å². The molecule has 192 valence electrons. The molecule has 1 aliphatic heterocycles. The third-order valence-corrected chi connectivity index (χ3v) is 7.02. The first-order chi connectivity index (χ1) is 18.0. The number of hydrogen-bond donors (Lipinski definition) is 2. The third kappa shape index (κ3) is 5.55. The lowest BCUT2D eigenvalue weighted by atomic mass is 10.1. The number of hydrogen-bond acceptors (Lipinski definition) is 13. The standard InChI is InChI=1S/C23H25N9O4S/c1-31(21-24-10-15(11-25-21)20(33)30-34)4-3-16-7-17-19(37-16)12-26-22(29-17)32-5-6-36-18(13-32)14-8-27-23(35-2)28-9-14/h7-12,18,34H,3-6,13H2,1-2H3,(H,30,33). The van der Waals surface area contributed by atoms with Crippen molar-refractivity contribution >= 4 is 39.4 Å². The fourth-order valence-corrected chi connectivity index (χ4v) is 4.82. The third-order valence-electron chi connectivity index (χ3n) is 5.90. The minimum atomic E-state index is -0.651. The second-order valence-corrected chi connectivity index (χ2v) is 9.49. The Balaban J connectivity index is 1.23. The van der Waals surface area contributed by atoms with Crippen molar-refractivity contribution in [1.82, 2.24) is 35.4 Å². The molecule has 5 rings (SSSR count). The molecule has 1 aliphatic rings. The van der Waals surface area contributed by atoms with Crippen LogP contribution in [0.3, 0.4) is 0 Å². The Labute approximate surface area is 216 Å². The molecule has 0 aliphatic carbocycles. The number of carbonyl (C=O) groups excluding carboxylic acids is 1. The molecule has 1 amide bonds. The maximum atomic E-state index is 11.4. The van der Waals surface area contributed by atoms with E-state index in [1.165, 1.54) is 24.4 Å². The average Bonchev–Trinajstić information content (AvgIpc) is 3.38. The Hall–Kier alpha value is -4.01. The van der Waals surface area contributed by atoms with Crippen LogP contribution in [0.2, 0.25) is 0 Å². The number of rotatable bonds is 8. The number of fused-ring (bicyclic) bond motifs is 1. The van der Waals surface area contributed by atoms with Gasteiger partial charge in [-0.2, -0.15) is 0 Å². The van der Waals surface area contributed by atoms with Crippen molar-refractivity contribution in [2.45, 2.75) is 12.5 Å². The van der Waals surface area contributed by atoms with Gasteiger partial charge in [0.15, 0.2) is 0 Å². The van der Waals surface area contributed by atoms with E-state index in [4.69, 9.17) is 19.7 Å². The van der Waals surface area contributed by atoms with Crippen LogP contribution in [0.4, 0.5) is 11.9 Å². The van der Waals surface area contributed by atoms with Crippen LogP contribution in [-0.2, 0) is 11.2 Å². The number of ether oxygens (including phenoxy) is 2. The fourth-order valence-electron chi connectivity index (χ4n) is 3.86. The van der Waals surface area contributed by atoms with E-state index in [1.54, 1.807) is 29.2 Å². The normalized spacial score (nSPS) is 15.5. The predicted octanol–water partition coefficient (Wildman–Crippen LogP) is 1.66. The van der Waals surface area contributed by atoms with Crippen molar-refractivity contribution in [3.8, 4) is 6.01 Å². The van der Waals surface area contributed by atoms with Gasteiger partial charge in [-0.1, -0.05) is 0 Å². The van der Waals surface area contributed by atoms with E-state index in [0.717, 1.165) is 22.2 Å². The number of aromatic nitrogens is 6. The molecule has 0 bridgehead atoms. The molecule has 1 saturated heterocycles. The summed E-state index contributed by atoms with van der Waals surface area (Å²) in [5.41, 5.74) is 3.53. The quantitative estimate of drug-likeness (QED) is 0.255. The summed E-state index contributed by atoms with van der Waals surface area (Å²) in [4.78, 5) is 42.8. The van der Waals surface area contributed by atoms with Crippen LogP contribution in [0.1, 0.15) is 26.9 Å². The van der Waals surface area contributed by atoms with Gasteiger partial charge in [0.1, 0.15) is 6.10 Å². The van der Waals surface area contributed by atoms with Crippen molar-refractivity contribution in [2.24, 2.45) is 0 Å². The second-order valence-electron chi connectivity index (χ2n) is 8.32. The topological polar surface area (TPSA) is 152 Å². The first kappa shape index (κ1) is 24.7. The Bertz CT molecular complexity index is 1370. The number of likely N-dealkylation sites (N-methyl/N-ethyl adjacent to an activating group) is 1. The Morgan fingerprint density at radius 1 is 1.22 bits per heavy atom. The number of thiophene rings is 1. The highest BCUT2D eigenvalue weighted by Crippen LogP contribution is 2.28. The number of amides is 1. The monoisotopic (exact) mass is 523 g/mol. The summed E-state index contributed by atoms with van der Waals surface area (Å²) < 4.78 is 12.0. The smallest absolute Gasteiger partial charge is 0.316 e. The number of hydroxylamine groups is 1. The molecule has 2 N–H and O–H groups in total. The van der Waals surface area contributed by atoms with Crippen molar-refractivity contribution in [3.63, 3.8) is 0 Å². The lowest BCUT2D eigenvalue weighted by molar-refractivity contribution is 0.0387. The van der Waals surface area contributed by atoms with E-state index in [-0.39, 0.29) is 11.7 Å². The van der Waals surface area contributed by atoms with E-state index < -0.39 is 5.91 Å². The summed E-state index contributed by atoms with van der Waals surface area (Å²) in [5, 5.41) is 8.71. The molecule has 0 aromatic carbocycles. The molecule has 13 nitrogen and oxygen atoms in total. The van der Waals surface area contributed by atoms with Gasteiger partial charge in [0.2, 0.25) is 11.9 Å². The lowest BCUT2D eigenvalue weighted by Crippen LogP contribution is -2.39. The van der Waals surface area contributed by atoms with E-state index >= 15 is 0 Å². The molecule has 0 radical (unpaired) electrons. The summed E-state index contributed by atoms with van der Waals surface area (Å²) in [6, 6.07) is 2.41. The highest BCUT2D eigenvalue weighted by molar-refractivity contribution is 7.18. The molecular formula is C23H25N9O4S. The Morgan fingerprint density at radius 3 is 2.73 bits per heavy atom. The van der Waals surface area contributed by atoms with Crippen LogP contribution >= 0.6 is 11.3 Å². The van der Waals surface area contributed by atoms with Crippen molar-refractivity contribution in [3.05, 3.63) is 53.1 Å². The van der Waals surface area contributed by atoms with E-state index in [0.29, 0.717) is 44.1 Å². The summed E-state index contributed by atoms with van der Waals surface area (Å²) >= 11 is 1.66. The SMILES string of the molecule is COc1ncc(C2CN(c3ncc4sc(CCN(C)c5ncc(C(=O)NO)cn5)cc4n3)CCO2)cn1. The molecule has 14 heteroatoms. The number of nitrogens with one attached hydrogen (secondary N) is 1.